The summed E-state index contributed by atoms with van der Waals surface area (Å²) in [5.41, 5.74) is 1.46. The molecule has 0 radical (unpaired) electrons. The molecule has 1 N–H and O–H groups in total. The number of hydrogen-bond donors (Lipinski definition) is 1. The number of benzene rings is 1. The van der Waals surface area contributed by atoms with Crippen molar-refractivity contribution in [3.63, 3.8) is 0 Å². The minimum atomic E-state index is -0.408. The Bertz CT molecular complexity index is 981. The Morgan fingerprint density at radius 1 is 1.25 bits per heavy atom. The van der Waals surface area contributed by atoms with Gasteiger partial charge in [0.05, 0.1) is 11.9 Å². The monoisotopic (exact) mass is 381 g/mol. The van der Waals surface area contributed by atoms with Gasteiger partial charge in [0.2, 0.25) is 11.9 Å². The lowest BCUT2D eigenvalue weighted by Gasteiger charge is -2.19. The summed E-state index contributed by atoms with van der Waals surface area (Å²) in [6.07, 6.45) is 4.05. The highest BCUT2D eigenvalue weighted by atomic mass is 16.2. The van der Waals surface area contributed by atoms with Gasteiger partial charge >= 0.3 is 0 Å². The maximum atomic E-state index is 12.3. The van der Waals surface area contributed by atoms with Gasteiger partial charge in [0, 0.05) is 26.2 Å². The number of aromatic nitrogens is 5. The molecular formula is C19H23N7O2. The average molecular weight is 381 g/mol. The fourth-order valence-corrected chi connectivity index (χ4v) is 2.69. The van der Waals surface area contributed by atoms with Gasteiger partial charge in [-0.1, -0.05) is 37.3 Å². The van der Waals surface area contributed by atoms with Crippen molar-refractivity contribution in [2.75, 3.05) is 17.3 Å². The summed E-state index contributed by atoms with van der Waals surface area (Å²) in [7, 11) is 1.89. The van der Waals surface area contributed by atoms with Gasteiger partial charge in [0.1, 0.15) is 12.9 Å². The van der Waals surface area contributed by atoms with E-state index in [1.165, 1.54) is 6.07 Å². The van der Waals surface area contributed by atoms with Crippen LogP contribution in [0.3, 0.4) is 0 Å². The van der Waals surface area contributed by atoms with E-state index in [0.717, 1.165) is 23.2 Å². The maximum absolute atomic E-state index is 12.3. The van der Waals surface area contributed by atoms with Crippen molar-refractivity contribution in [1.82, 2.24) is 24.5 Å². The molecule has 2 aromatic heterocycles. The van der Waals surface area contributed by atoms with Crippen LogP contribution >= 0.6 is 0 Å². The van der Waals surface area contributed by atoms with E-state index in [1.807, 2.05) is 49.2 Å². The van der Waals surface area contributed by atoms with Crippen molar-refractivity contribution in [1.29, 1.82) is 0 Å². The highest BCUT2D eigenvalue weighted by Crippen LogP contribution is 2.11. The molecule has 9 heteroatoms. The predicted molar refractivity (Wildman–Crippen MR) is 106 cm³/mol. The van der Waals surface area contributed by atoms with Crippen molar-refractivity contribution in [3.8, 4) is 0 Å². The molecule has 1 aromatic carbocycles. The number of carbonyl (C=O) groups is 1. The van der Waals surface area contributed by atoms with Gasteiger partial charge in [0.25, 0.3) is 5.56 Å². The Morgan fingerprint density at radius 2 is 2.04 bits per heavy atom. The Morgan fingerprint density at radius 3 is 2.75 bits per heavy atom. The molecule has 0 aliphatic heterocycles. The van der Waals surface area contributed by atoms with Gasteiger partial charge in [-0.25, -0.2) is 9.67 Å². The third-order valence-electron chi connectivity index (χ3n) is 4.09. The predicted octanol–water partition coefficient (Wildman–Crippen LogP) is 1.52. The van der Waals surface area contributed by atoms with E-state index in [-0.39, 0.29) is 18.1 Å². The zero-order valence-electron chi connectivity index (χ0n) is 15.9. The maximum Gasteiger partial charge on any atom is 0.269 e. The summed E-state index contributed by atoms with van der Waals surface area (Å²) in [5, 5.41) is 10.8. The highest BCUT2D eigenvalue weighted by molar-refractivity contribution is 5.88. The summed E-state index contributed by atoms with van der Waals surface area (Å²) in [6.45, 7) is 3.20. The van der Waals surface area contributed by atoms with Gasteiger partial charge in [-0.3, -0.25) is 19.6 Å². The van der Waals surface area contributed by atoms with Crippen molar-refractivity contribution in [3.05, 3.63) is 64.8 Å². The molecule has 3 rings (SSSR count). The van der Waals surface area contributed by atoms with Crippen LogP contribution in [0.4, 0.5) is 11.6 Å². The van der Waals surface area contributed by atoms with Crippen LogP contribution in [0, 0.1) is 0 Å². The van der Waals surface area contributed by atoms with Crippen molar-refractivity contribution in [2.24, 2.45) is 0 Å². The molecule has 146 valence electrons. The zero-order chi connectivity index (χ0) is 19.9. The molecule has 0 spiro atoms. The number of carbonyl (C=O) groups excluding carboxylic acids is 1. The molecule has 0 bridgehead atoms. The van der Waals surface area contributed by atoms with Crippen molar-refractivity contribution in [2.45, 2.75) is 33.0 Å². The zero-order valence-corrected chi connectivity index (χ0v) is 15.9. The topological polar surface area (TPSA) is 97.9 Å². The average Bonchev–Trinajstić information content (AvgIpc) is 3.11. The Labute approximate surface area is 162 Å². The smallest absolute Gasteiger partial charge is 0.269 e. The highest BCUT2D eigenvalue weighted by Gasteiger charge is 2.11. The van der Waals surface area contributed by atoms with Gasteiger partial charge in [-0.15, -0.1) is 5.10 Å². The third kappa shape index (κ3) is 5.03. The first kappa shape index (κ1) is 19.3. The fourth-order valence-electron chi connectivity index (χ4n) is 2.69. The molecule has 2 heterocycles. The van der Waals surface area contributed by atoms with Gasteiger partial charge in [0.15, 0.2) is 0 Å². The van der Waals surface area contributed by atoms with E-state index in [2.05, 4.69) is 20.5 Å². The quantitative estimate of drug-likeness (QED) is 0.635. The molecular weight excluding hydrogens is 358 g/mol. The first-order valence-electron chi connectivity index (χ1n) is 9.06. The molecule has 0 aliphatic carbocycles. The second-order valence-corrected chi connectivity index (χ2v) is 6.43. The van der Waals surface area contributed by atoms with E-state index in [1.54, 1.807) is 17.2 Å². The standard InChI is InChI=1S/C19H23N7O2/c1-3-9-25-14-20-19(23-25)22-17(27)13-26-18(28)10-16(11-21-26)24(2)12-15-7-5-4-6-8-15/h4-8,10-11,14H,3,9,12-13H2,1-2H3,(H,22,23,27). The molecule has 0 aliphatic rings. The van der Waals surface area contributed by atoms with Crippen LogP contribution in [0.25, 0.3) is 0 Å². The van der Waals surface area contributed by atoms with Crippen LogP contribution in [-0.4, -0.2) is 37.5 Å². The van der Waals surface area contributed by atoms with Gasteiger partial charge in [-0.2, -0.15) is 5.10 Å². The van der Waals surface area contributed by atoms with Crippen molar-refractivity contribution >= 4 is 17.5 Å². The van der Waals surface area contributed by atoms with Crippen LogP contribution in [0.15, 0.2) is 53.7 Å². The second-order valence-electron chi connectivity index (χ2n) is 6.43. The van der Waals surface area contributed by atoms with E-state index >= 15 is 0 Å². The van der Waals surface area contributed by atoms with E-state index < -0.39 is 5.91 Å². The number of nitrogens with one attached hydrogen (secondary N) is 1. The minimum absolute atomic E-state index is 0.205. The van der Waals surface area contributed by atoms with Crippen LogP contribution in [0.5, 0.6) is 0 Å². The molecule has 0 saturated carbocycles. The Hall–Kier alpha value is -3.49. The molecule has 0 saturated heterocycles. The van der Waals surface area contributed by atoms with Gasteiger partial charge in [-0.05, 0) is 12.0 Å². The number of nitrogens with zero attached hydrogens (tertiary/aromatic N) is 6. The van der Waals surface area contributed by atoms with Crippen LogP contribution in [0.2, 0.25) is 0 Å². The lowest BCUT2D eigenvalue weighted by atomic mass is 10.2. The number of anilines is 2. The van der Waals surface area contributed by atoms with E-state index in [4.69, 9.17) is 0 Å². The second kappa shape index (κ2) is 8.94. The molecule has 9 nitrogen and oxygen atoms in total. The summed E-state index contributed by atoms with van der Waals surface area (Å²) in [5.74, 6) is -0.194. The summed E-state index contributed by atoms with van der Waals surface area (Å²) in [4.78, 5) is 30.4. The van der Waals surface area contributed by atoms with Crippen LogP contribution in [-0.2, 0) is 24.4 Å². The van der Waals surface area contributed by atoms with Gasteiger partial charge < -0.3 is 4.90 Å². The fraction of sp³-hybridized carbons (Fsp3) is 0.316. The molecule has 0 unspecified atom stereocenters. The Kier molecular flexibility index (Phi) is 6.15. The normalized spacial score (nSPS) is 10.6. The number of rotatable bonds is 8. The minimum Gasteiger partial charge on any atom is -0.369 e. The summed E-state index contributed by atoms with van der Waals surface area (Å²) in [6, 6.07) is 11.4. The molecule has 1 amide bonds. The number of hydrogen-bond acceptors (Lipinski definition) is 6. The molecule has 0 atom stereocenters. The van der Waals surface area contributed by atoms with E-state index in [0.29, 0.717) is 12.2 Å². The lowest BCUT2D eigenvalue weighted by Crippen LogP contribution is -2.30. The first-order valence-corrected chi connectivity index (χ1v) is 9.06. The molecule has 0 fully saturated rings. The number of aryl methyl sites for hydroxylation is 1. The lowest BCUT2D eigenvalue weighted by molar-refractivity contribution is -0.117. The van der Waals surface area contributed by atoms with Crippen LogP contribution in [0.1, 0.15) is 18.9 Å². The van der Waals surface area contributed by atoms with Crippen molar-refractivity contribution < 1.29 is 4.79 Å². The van der Waals surface area contributed by atoms with Crippen LogP contribution < -0.4 is 15.8 Å². The number of amides is 1. The Balaban J connectivity index is 1.61. The summed E-state index contributed by atoms with van der Waals surface area (Å²) >= 11 is 0. The third-order valence-corrected chi connectivity index (χ3v) is 4.09. The summed E-state index contributed by atoms with van der Waals surface area (Å²) < 4.78 is 2.76. The van der Waals surface area contributed by atoms with E-state index in [9.17, 15) is 9.59 Å². The SMILES string of the molecule is CCCn1cnc(NC(=O)Cn2ncc(N(C)Cc3ccccc3)cc2=O)n1. The largest absolute Gasteiger partial charge is 0.369 e. The molecule has 3 aromatic rings. The first-order chi connectivity index (χ1) is 13.5. The molecule has 28 heavy (non-hydrogen) atoms.